The molecular weight excluding hydrogens is 448 g/mol. The molecule has 4 aromatic rings. The second kappa shape index (κ2) is 9.71. The molecule has 1 aromatic heterocycles. The number of halogens is 1. The first-order chi connectivity index (χ1) is 16.6. The summed E-state index contributed by atoms with van der Waals surface area (Å²) in [6.07, 6.45) is 1.80. The third kappa shape index (κ3) is 4.83. The smallest absolute Gasteiger partial charge is 0.255 e. The van der Waals surface area contributed by atoms with Crippen LogP contribution in [0, 0.1) is 6.92 Å². The lowest BCUT2D eigenvalue weighted by atomic mass is 10.1. The van der Waals surface area contributed by atoms with Gasteiger partial charge in [0.05, 0.1) is 25.1 Å². The highest BCUT2D eigenvalue weighted by molar-refractivity contribution is 6.30. The Bertz CT molecular complexity index is 1290. The summed E-state index contributed by atoms with van der Waals surface area (Å²) in [7, 11) is 0. The molecule has 0 saturated carbocycles. The van der Waals surface area contributed by atoms with Crippen LogP contribution in [0.15, 0.2) is 72.9 Å². The van der Waals surface area contributed by atoms with E-state index in [9.17, 15) is 4.79 Å². The van der Waals surface area contributed by atoms with Crippen LogP contribution in [-0.2, 0) is 4.74 Å². The molecule has 0 radical (unpaired) electrons. The summed E-state index contributed by atoms with van der Waals surface area (Å²) in [6.45, 7) is 5.22. The highest BCUT2D eigenvalue weighted by Crippen LogP contribution is 2.28. The Morgan fingerprint density at radius 3 is 2.50 bits per heavy atom. The average Bonchev–Trinajstić information content (AvgIpc) is 3.36. The predicted molar refractivity (Wildman–Crippen MR) is 137 cm³/mol. The molecule has 0 bridgehead atoms. The van der Waals surface area contributed by atoms with E-state index in [-0.39, 0.29) is 5.91 Å². The van der Waals surface area contributed by atoms with Gasteiger partial charge >= 0.3 is 0 Å². The molecule has 172 valence electrons. The van der Waals surface area contributed by atoms with Crippen molar-refractivity contribution in [1.82, 2.24) is 9.97 Å². The first-order valence-corrected chi connectivity index (χ1v) is 11.6. The summed E-state index contributed by atoms with van der Waals surface area (Å²) in [6, 6.07) is 21.1. The third-order valence-corrected chi connectivity index (χ3v) is 6.24. The quantitative estimate of drug-likeness (QED) is 0.385. The van der Waals surface area contributed by atoms with Gasteiger partial charge in [0.1, 0.15) is 5.82 Å². The van der Waals surface area contributed by atoms with Crippen molar-refractivity contribution >= 4 is 28.9 Å². The zero-order chi connectivity index (χ0) is 23.5. The number of hydrogen-bond donors (Lipinski definition) is 2. The monoisotopic (exact) mass is 472 g/mol. The average molecular weight is 473 g/mol. The lowest BCUT2D eigenvalue weighted by Crippen LogP contribution is -2.36. The third-order valence-electron chi connectivity index (χ3n) is 5.99. The van der Waals surface area contributed by atoms with E-state index in [1.165, 1.54) is 0 Å². The van der Waals surface area contributed by atoms with Gasteiger partial charge in [-0.25, -0.2) is 4.98 Å². The lowest BCUT2D eigenvalue weighted by Gasteiger charge is -2.28. The van der Waals surface area contributed by atoms with Crippen LogP contribution < -0.4 is 10.2 Å². The van der Waals surface area contributed by atoms with Gasteiger partial charge < -0.3 is 19.9 Å². The van der Waals surface area contributed by atoms with Gasteiger partial charge in [-0.3, -0.25) is 4.79 Å². The number of ether oxygens (including phenoxy) is 1. The van der Waals surface area contributed by atoms with Crippen LogP contribution in [0.1, 0.15) is 15.9 Å². The summed E-state index contributed by atoms with van der Waals surface area (Å²) in [5.74, 6) is 0.595. The van der Waals surface area contributed by atoms with Gasteiger partial charge in [-0.05, 0) is 66.6 Å². The Hall–Kier alpha value is -3.61. The van der Waals surface area contributed by atoms with Gasteiger partial charge in [0, 0.05) is 40.6 Å². The molecule has 0 spiro atoms. The number of H-pyrrole nitrogens is 1. The minimum atomic E-state index is -0.148. The molecule has 6 nitrogen and oxygen atoms in total. The van der Waals surface area contributed by atoms with Gasteiger partial charge in [0.15, 0.2) is 0 Å². The van der Waals surface area contributed by atoms with Crippen LogP contribution in [0.5, 0.6) is 0 Å². The number of anilines is 2. The summed E-state index contributed by atoms with van der Waals surface area (Å²) in [4.78, 5) is 23.1. The Balaban J connectivity index is 1.32. The minimum absolute atomic E-state index is 0.148. The molecule has 0 unspecified atom stereocenters. The number of amides is 1. The molecule has 3 aromatic carbocycles. The molecule has 5 rings (SSSR count). The molecule has 7 heteroatoms. The zero-order valence-electron chi connectivity index (χ0n) is 18.8. The fourth-order valence-corrected chi connectivity index (χ4v) is 4.16. The number of carbonyl (C=O) groups is 1. The zero-order valence-corrected chi connectivity index (χ0v) is 19.6. The molecule has 34 heavy (non-hydrogen) atoms. The molecular formula is C27H25ClN4O2. The summed E-state index contributed by atoms with van der Waals surface area (Å²) in [5, 5.41) is 3.70. The van der Waals surface area contributed by atoms with E-state index < -0.39 is 0 Å². The van der Waals surface area contributed by atoms with Crippen LogP contribution in [0.2, 0.25) is 5.02 Å². The van der Waals surface area contributed by atoms with Crippen LogP contribution in [0.3, 0.4) is 0 Å². The Kier molecular flexibility index (Phi) is 6.34. The molecule has 1 amide bonds. The summed E-state index contributed by atoms with van der Waals surface area (Å²) >= 11 is 6.00. The lowest BCUT2D eigenvalue weighted by molar-refractivity contribution is 0.102. The fraction of sp³-hybridized carbons (Fsp3) is 0.185. The van der Waals surface area contributed by atoms with Crippen molar-refractivity contribution in [2.45, 2.75) is 6.92 Å². The number of benzene rings is 3. The SMILES string of the molecule is Cc1ccc(NC(=O)c2ccc(N3CCOCC3)cc2)cc1-c1ncc(-c2ccc(Cl)cc2)[nH]1. The highest BCUT2D eigenvalue weighted by atomic mass is 35.5. The van der Waals surface area contributed by atoms with E-state index in [2.05, 4.69) is 20.2 Å². The maximum absolute atomic E-state index is 12.9. The van der Waals surface area contributed by atoms with Gasteiger partial charge in [-0.15, -0.1) is 0 Å². The van der Waals surface area contributed by atoms with Gasteiger partial charge in [-0.2, -0.15) is 0 Å². The fourth-order valence-electron chi connectivity index (χ4n) is 4.04. The largest absolute Gasteiger partial charge is 0.378 e. The van der Waals surface area contributed by atoms with Crippen molar-refractivity contribution in [2.24, 2.45) is 0 Å². The standard InChI is InChI=1S/C27H25ClN4O2/c1-18-2-9-22(16-24(18)26-29-17-25(31-26)19-3-7-21(28)8-4-19)30-27(33)20-5-10-23(11-6-20)32-12-14-34-15-13-32/h2-11,16-17H,12-15H2,1H3,(H,29,31)(H,30,33). The van der Waals surface area contributed by atoms with Crippen LogP contribution in [-0.4, -0.2) is 42.2 Å². The molecule has 1 saturated heterocycles. The molecule has 1 aliphatic heterocycles. The van der Waals surface area contributed by atoms with Crippen molar-refractivity contribution in [3.63, 3.8) is 0 Å². The van der Waals surface area contributed by atoms with Crippen molar-refractivity contribution in [3.8, 4) is 22.6 Å². The number of aryl methyl sites for hydroxylation is 1. The van der Waals surface area contributed by atoms with Crippen LogP contribution >= 0.6 is 11.6 Å². The van der Waals surface area contributed by atoms with Crippen molar-refractivity contribution in [1.29, 1.82) is 0 Å². The van der Waals surface area contributed by atoms with E-state index in [4.69, 9.17) is 16.3 Å². The molecule has 1 aliphatic rings. The second-order valence-electron chi connectivity index (χ2n) is 8.28. The first-order valence-electron chi connectivity index (χ1n) is 11.2. The molecule has 2 N–H and O–H groups in total. The minimum Gasteiger partial charge on any atom is -0.378 e. The van der Waals surface area contributed by atoms with Gasteiger partial charge in [0.2, 0.25) is 0 Å². The molecule has 0 atom stereocenters. The van der Waals surface area contributed by atoms with Crippen LogP contribution in [0.4, 0.5) is 11.4 Å². The van der Waals surface area contributed by atoms with E-state index in [0.29, 0.717) is 16.3 Å². The molecule has 1 fully saturated rings. The number of nitrogens with one attached hydrogen (secondary N) is 2. The number of nitrogens with zero attached hydrogens (tertiary/aromatic N) is 2. The normalized spacial score (nSPS) is 13.6. The second-order valence-corrected chi connectivity index (χ2v) is 8.72. The Morgan fingerprint density at radius 1 is 1.03 bits per heavy atom. The van der Waals surface area contributed by atoms with Crippen molar-refractivity contribution in [3.05, 3.63) is 89.1 Å². The van der Waals surface area contributed by atoms with E-state index in [1.54, 1.807) is 6.20 Å². The highest BCUT2D eigenvalue weighted by Gasteiger charge is 2.14. The number of aromatic amines is 1. The topological polar surface area (TPSA) is 70.2 Å². The summed E-state index contributed by atoms with van der Waals surface area (Å²) < 4.78 is 5.41. The number of morpholine rings is 1. The number of rotatable bonds is 5. The van der Waals surface area contributed by atoms with E-state index in [0.717, 1.165) is 60.2 Å². The molecule has 2 heterocycles. The van der Waals surface area contributed by atoms with Crippen molar-refractivity contribution in [2.75, 3.05) is 36.5 Å². The Labute approximate surface area is 203 Å². The van der Waals surface area contributed by atoms with E-state index in [1.807, 2.05) is 73.7 Å². The maximum atomic E-state index is 12.9. The number of imidazole rings is 1. The first kappa shape index (κ1) is 22.2. The number of carbonyl (C=O) groups excluding carboxylic acids is 1. The predicted octanol–water partition coefficient (Wildman–Crippen LogP) is 5.79. The molecule has 0 aliphatic carbocycles. The number of hydrogen-bond acceptors (Lipinski definition) is 4. The van der Waals surface area contributed by atoms with Gasteiger partial charge in [-0.1, -0.05) is 29.8 Å². The van der Waals surface area contributed by atoms with Crippen LogP contribution in [0.25, 0.3) is 22.6 Å². The summed E-state index contributed by atoms with van der Waals surface area (Å²) in [5.41, 5.74) is 6.33. The van der Waals surface area contributed by atoms with Gasteiger partial charge in [0.25, 0.3) is 5.91 Å². The Morgan fingerprint density at radius 2 is 1.76 bits per heavy atom. The van der Waals surface area contributed by atoms with Crippen molar-refractivity contribution < 1.29 is 9.53 Å². The number of aromatic nitrogens is 2. The maximum Gasteiger partial charge on any atom is 0.255 e. The van der Waals surface area contributed by atoms with E-state index >= 15 is 0 Å².